The lowest BCUT2D eigenvalue weighted by atomic mass is 9.93. The lowest BCUT2D eigenvalue weighted by Gasteiger charge is -2.26. The Labute approximate surface area is 91.7 Å². The van der Waals surface area contributed by atoms with Gasteiger partial charge >= 0.3 is 0 Å². The average Bonchev–Trinajstić information content (AvgIpc) is 2.17. The molecule has 1 saturated heterocycles. The van der Waals surface area contributed by atoms with E-state index in [0.29, 0.717) is 18.6 Å². The molecule has 0 spiro atoms. The molecule has 2 unspecified atom stereocenters. The van der Waals surface area contributed by atoms with E-state index < -0.39 is 0 Å². The molecule has 0 aromatic heterocycles. The zero-order valence-corrected chi connectivity index (χ0v) is 9.88. The highest BCUT2D eigenvalue weighted by Crippen LogP contribution is 2.15. The van der Waals surface area contributed by atoms with Gasteiger partial charge in [0.1, 0.15) is 0 Å². The van der Waals surface area contributed by atoms with Crippen molar-refractivity contribution < 1.29 is 9.63 Å². The van der Waals surface area contributed by atoms with Crippen LogP contribution in [0.5, 0.6) is 0 Å². The molecule has 1 aliphatic rings. The Morgan fingerprint density at radius 1 is 1.60 bits per heavy atom. The molecule has 15 heavy (non-hydrogen) atoms. The van der Waals surface area contributed by atoms with Gasteiger partial charge in [-0.2, -0.15) is 0 Å². The molecule has 88 valence electrons. The first-order chi connectivity index (χ1) is 7.09. The quantitative estimate of drug-likeness (QED) is 0.688. The lowest BCUT2D eigenvalue weighted by Crippen LogP contribution is -2.42. The molecule has 0 saturated carbocycles. The second-order valence-electron chi connectivity index (χ2n) is 4.75. The van der Waals surface area contributed by atoms with E-state index in [0.717, 1.165) is 19.4 Å². The Balaban J connectivity index is 2.21. The van der Waals surface area contributed by atoms with Crippen molar-refractivity contribution in [1.82, 2.24) is 10.8 Å². The maximum absolute atomic E-state index is 11.7. The number of carbonyl (C=O) groups excluding carboxylic acids is 1. The highest BCUT2D eigenvalue weighted by molar-refractivity contribution is 5.77. The fraction of sp³-hybridized carbons (Fsp3) is 0.909. The standard InChI is InChI=1S/C11H22N2O2/c1-8(2)7-15-13-11(14)10-4-5-12-9(3)6-10/h8-10,12H,4-7H2,1-3H3,(H,13,14). The van der Waals surface area contributed by atoms with E-state index >= 15 is 0 Å². The van der Waals surface area contributed by atoms with Crippen molar-refractivity contribution in [3.8, 4) is 0 Å². The van der Waals surface area contributed by atoms with Crippen molar-refractivity contribution in [3.05, 3.63) is 0 Å². The van der Waals surface area contributed by atoms with Crippen LogP contribution in [0.4, 0.5) is 0 Å². The van der Waals surface area contributed by atoms with E-state index in [4.69, 9.17) is 4.84 Å². The number of nitrogens with one attached hydrogen (secondary N) is 2. The maximum Gasteiger partial charge on any atom is 0.246 e. The number of piperidine rings is 1. The van der Waals surface area contributed by atoms with Gasteiger partial charge in [-0.05, 0) is 32.2 Å². The van der Waals surface area contributed by atoms with Crippen molar-refractivity contribution in [2.45, 2.75) is 39.7 Å². The van der Waals surface area contributed by atoms with E-state index in [1.54, 1.807) is 0 Å². The summed E-state index contributed by atoms with van der Waals surface area (Å²) >= 11 is 0. The third kappa shape index (κ3) is 4.62. The van der Waals surface area contributed by atoms with Gasteiger partial charge in [0.2, 0.25) is 5.91 Å². The lowest BCUT2D eigenvalue weighted by molar-refractivity contribution is -0.139. The predicted molar refractivity (Wildman–Crippen MR) is 59.1 cm³/mol. The maximum atomic E-state index is 11.7. The third-order valence-corrected chi connectivity index (χ3v) is 2.58. The molecule has 1 rings (SSSR count). The highest BCUT2D eigenvalue weighted by atomic mass is 16.6. The van der Waals surface area contributed by atoms with Crippen LogP contribution in [0.1, 0.15) is 33.6 Å². The van der Waals surface area contributed by atoms with Crippen molar-refractivity contribution in [2.75, 3.05) is 13.2 Å². The van der Waals surface area contributed by atoms with Gasteiger partial charge in [0.25, 0.3) is 0 Å². The van der Waals surface area contributed by atoms with Crippen molar-refractivity contribution in [2.24, 2.45) is 11.8 Å². The van der Waals surface area contributed by atoms with E-state index in [1.807, 2.05) is 0 Å². The third-order valence-electron chi connectivity index (χ3n) is 2.58. The van der Waals surface area contributed by atoms with Gasteiger partial charge in [0.15, 0.2) is 0 Å². The van der Waals surface area contributed by atoms with Crippen LogP contribution in [0, 0.1) is 11.8 Å². The number of hydrogen-bond donors (Lipinski definition) is 2. The summed E-state index contributed by atoms with van der Waals surface area (Å²) in [5.74, 6) is 0.578. The summed E-state index contributed by atoms with van der Waals surface area (Å²) in [7, 11) is 0. The van der Waals surface area contributed by atoms with E-state index in [2.05, 4.69) is 31.6 Å². The molecule has 0 aromatic carbocycles. The Morgan fingerprint density at radius 2 is 2.33 bits per heavy atom. The van der Waals surface area contributed by atoms with Crippen LogP contribution in [0.15, 0.2) is 0 Å². The summed E-state index contributed by atoms with van der Waals surface area (Å²) in [6, 6.07) is 0.430. The van der Waals surface area contributed by atoms with Crippen LogP contribution in [-0.4, -0.2) is 25.1 Å². The van der Waals surface area contributed by atoms with Crippen molar-refractivity contribution >= 4 is 5.91 Å². The van der Waals surface area contributed by atoms with Crippen LogP contribution in [-0.2, 0) is 9.63 Å². The number of rotatable bonds is 4. The average molecular weight is 214 g/mol. The number of hydroxylamine groups is 1. The van der Waals surface area contributed by atoms with Gasteiger partial charge in [0.05, 0.1) is 6.61 Å². The SMILES string of the molecule is CC(C)CONC(=O)C1CCNC(C)C1. The fourth-order valence-corrected chi connectivity index (χ4v) is 1.73. The Hall–Kier alpha value is -0.610. The normalized spacial score (nSPS) is 26.7. The van der Waals surface area contributed by atoms with Gasteiger partial charge in [-0.3, -0.25) is 9.63 Å². The Bertz CT molecular complexity index is 207. The molecule has 1 fully saturated rings. The molecule has 0 bridgehead atoms. The molecule has 2 N–H and O–H groups in total. The molecule has 1 aliphatic heterocycles. The number of hydrogen-bond acceptors (Lipinski definition) is 3. The molecule has 0 radical (unpaired) electrons. The largest absolute Gasteiger partial charge is 0.314 e. The molecular formula is C11H22N2O2. The summed E-state index contributed by atoms with van der Waals surface area (Å²) < 4.78 is 0. The second kappa shape index (κ2) is 6.08. The summed E-state index contributed by atoms with van der Waals surface area (Å²) in [4.78, 5) is 16.8. The summed E-state index contributed by atoms with van der Waals surface area (Å²) in [6.45, 7) is 7.71. The fourth-order valence-electron chi connectivity index (χ4n) is 1.73. The smallest absolute Gasteiger partial charge is 0.246 e. The molecule has 0 aliphatic carbocycles. The first-order valence-electron chi connectivity index (χ1n) is 5.74. The molecule has 1 amide bonds. The minimum atomic E-state index is 0.0315. The van der Waals surface area contributed by atoms with Gasteiger partial charge in [-0.25, -0.2) is 5.48 Å². The summed E-state index contributed by atoms with van der Waals surface area (Å²) in [5, 5.41) is 3.32. The van der Waals surface area contributed by atoms with Gasteiger partial charge in [0, 0.05) is 12.0 Å². The summed E-state index contributed by atoms with van der Waals surface area (Å²) in [5.41, 5.74) is 2.54. The van der Waals surface area contributed by atoms with E-state index in [1.165, 1.54) is 0 Å². The van der Waals surface area contributed by atoms with Crippen LogP contribution in [0.2, 0.25) is 0 Å². The van der Waals surface area contributed by atoms with Crippen molar-refractivity contribution in [1.29, 1.82) is 0 Å². The highest BCUT2D eigenvalue weighted by Gasteiger charge is 2.24. The topological polar surface area (TPSA) is 50.4 Å². The minimum absolute atomic E-state index is 0.0315. The van der Waals surface area contributed by atoms with Gasteiger partial charge in [-0.1, -0.05) is 13.8 Å². The first-order valence-corrected chi connectivity index (χ1v) is 5.74. The second-order valence-corrected chi connectivity index (χ2v) is 4.75. The number of amides is 1. The molecule has 4 heteroatoms. The summed E-state index contributed by atoms with van der Waals surface area (Å²) in [6.07, 6.45) is 1.80. The molecular weight excluding hydrogens is 192 g/mol. The molecule has 0 aromatic rings. The first kappa shape index (κ1) is 12.5. The van der Waals surface area contributed by atoms with Crippen LogP contribution < -0.4 is 10.8 Å². The van der Waals surface area contributed by atoms with Gasteiger partial charge in [-0.15, -0.1) is 0 Å². The van der Waals surface area contributed by atoms with Crippen LogP contribution >= 0.6 is 0 Å². The predicted octanol–water partition coefficient (Wildman–Crippen LogP) is 1.08. The molecule has 2 atom stereocenters. The van der Waals surface area contributed by atoms with E-state index in [9.17, 15) is 4.79 Å². The van der Waals surface area contributed by atoms with Crippen LogP contribution in [0.25, 0.3) is 0 Å². The Kier molecular flexibility index (Phi) is 5.05. The minimum Gasteiger partial charge on any atom is -0.314 e. The van der Waals surface area contributed by atoms with Gasteiger partial charge < -0.3 is 5.32 Å². The Morgan fingerprint density at radius 3 is 2.93 bits per heavy atom. The zero-order chi connectivity index (χ0) is 11.3. The van der Waals surface area contributed by atoms with E-state index in [-0.39, 0.29) is 11.8 Å². The number of carbonyl (C=O) groups is 1. The van der Waals surface area contributed by atoms with Crippen LogP contribution in [0.3, 0.4) is 0 Å². The van der Waals surface area contributed by atoms with Crippen molar-refractivity contribution in [3.63, 3.8) is 0 Å². The molecule has 4 nitrogen and oxygen atoms in total. The zero-order valence-electron chi connectivity index (χ0n) is 9.88. The monoisotopic (exact) mass is 214 g/mol. The molecule has 1 heterocycles.